The van der Waals surface area contributed by atoms with Crippen molar-refractivity contribution in [2.75, 3.05) is 0 Å². The lowest BCUT2D eigenvalue weighted by molar-refractivity contribution is 0.303. The van der Waals surface area contributed by atoms with Gasteiger partial charge in [0.1, 0.15) is 0 Å². The van der Waals surface area contributed by atoms with Gasteiger partial charge in [0.15, 0.2) is 0 Å². The third-order valence-electron chi connectivity index (χ3n) is 4.71. The molecule has 1 aliphatic carbocycles. The van der Waals surface area contributed by atoms with Crippen molar-refractivity contribution < 1.29 is 0 Å². The Balaban J connectivity index is 1.82. The van der Waals surface area contributed by atoms with Crippen molar-refractivity contribution in [2.24, 2.45) is 5.92 Å². The first-order valence-corrected chi connectivity index (χ1v) is 8.36. The quantitative estimate of drug-likeness (QED) is 0.460. The van der Waals surface area contributed by atoms with Crippen molar-refractivity contribution in [1.29, 1.82) is 0 Å². The molecular formula is C20H28. The predicted molar refractivity (Wildman–Crippen MR) is 87.8 cm³/mol. The maximum atomic E-state index is 3.12. The Hall–Kier alpha value is -1.22. The molecular weight excluding hydrogens is 240 g/mol. The van der Waals surface area contributed by atoms with Gasteiger partial charge in [-0.2, -0.15) is 0 Å². The van der Waals surface area contributed by atoms with E-state index in [0.29, 0.717) is 0 Å². The number of hydrogen-bond donors (Lipinski definition) is 0. The van der Waals surface area contributed by atoms with E-state index in [1.807, 2.05) is 6.92 Å². The van der Waals surface area contributed by atoms with Crippen LogP contribution in [0, 0.1) is 17.8 Å². The van der Waals surface area contributed by atoms with E-state index in [1.54, 1.807) is 0 Å². The summed E-state index contributed by atoms with van der Waals surface area (Å²) in [6.07, 6.45) is 11.3. The molecule has 0 atom stereocenters. The smallest absolute Gasteiger partial charge is 0.0245 e. The Morgan fingerprint density at radius 1 is 1.00 bits per heavy atom. The van der Waals surface area contributed by atoms with Crippen molar-refractivity contribution in [2.45, 2.75) is 71.1 Å². The molecule has 0 aromatic heterocycles. The van der Waals surface area contributed by atoms with Gasteiger partial charge in [-0.1, -0.05) is 50.7 Å². The summed E-state index contributed by atoms with van der Waals surface area (Å²) in [4.78, 5) is 0. The second-order valence-corrected chi connectivity index (χ2v) is 6.21. The molecule has 0 unspecified atom stereocenters. The summed E-state index contributed by atoms with van der Waals surface area (Å²) in [6.45, 7) is 4.19. The normalized spacial score (nSPS) is 22.1. The molecule has 0 heteroatoms. The molecule has 1 aromatic carbocycles. The summed E-state index contributed by atoms with van der Waals surface area (Å²) in [5.74, 6) is 7.88. The summed E-state index contributed by atoms with van der Waals surface area (Å²) in [5.41, 5.74) is 2.67. The van der Waals surface area contributed by atoms with Crippen LogP contribution < -0.4 is 0 Å². The fourth-order valence-corrected chi connectivity index (χ4v) is 3.45. The lowest BCUT2D eigenvalue weighted by Crippen LogP contribution is -2.13. The van der Waals surface area contributed by atoms with Crippen LogP contribution in [-0.2, 0) is 0 Å². The van der Waals surface area contributed by atoms with Crippen molar-refractivity contribution in [1.82, 2.24) is 0 Å². The second kappa shape index (κ2) is 8.15. The Morgan fingerprint density at radius 2 is 1.70 bits per heavy atom. The molecule has 1 fully saturated rings. The molecule has 0 N–H and O–H groups in total. The minimum absolute atomic E-state index is 0.793. The van der Waals surface area contributed by atoms with Gasteiger partial charge in [0.2, 0.25) is 0 Å². The zero-order chi connectivity index (χ0) is 14.2. The van der Waals surface area contributed by atoms with Crippen LogP contribution in [0.25, 0.3) is 0 Å². The van der Waals surface area contributed by atoms with Gasteiger partial charge in [-0.3, -0.25) is 0 Å². The lowest BCUT2D eigenvalue weighted by Gasteiger charge is -2.29. The summed E-state index contributed by atoms with van der Waals surface area (Å²) in [6, 6.07) is 8.95. The largest absolute Gasteiger partial charge is 0.101 e. The van der Waals surface area contributed by atoms with E-state index in [0.717, 1.165) is 17.4 Å². The second-order valence-electron chi connectivity index (χ2n) is 6.21. The Labute approximate surface area is 125 Å². The fraction of sp³-hybridized carbons (Fsp3) is 0.600. The van der Waals surface area contributed by atoms with Crippen LogP contribution in [0.5, 0.6) is 0 Å². The standard InChI is InChI=1S/C20H28/c1-3-5-6-8-18-11-15-20(16-12-18)19-13-9-17(7-4-2)10-14-19/h9-10,13-14,18,20H,3,5-6,8,11-12,15-16H2,1-2H3. The highest BCUT2D eigenvalue weighted by molar-refractivity contribution is 5.36. The van der Waals surface area contributed by atoms with Gasteiger partial charge in [-0.15, -0.1) is 5.92 Å². The van der Waals surface area contributed by atoms with Crippen LogP contribution >= 0.6 is 0 Å². The van der Waals surface area contributed by atoms with E-state index < -0.39 is 0 Å². The Morgan fingerprint density at radius 3 is 2.30 bits per heavy atom. The number of benzene rings is 1. The average Bonchev–Trinajstić information content (AvgIpc) is 2.49. The highest BCUT2D eigenvalue weighted by Crippen LogP contribution is 2.37. The number of hydrogen-bond acceptors (Lipinski definition) is 0. The van der Waals surface area contributed by atoms with E-state index in [9.17, 15) is 0 Å². The molecule has 1 aliphatic rings. The maximum Gasteiger partial charge on any atom is 0.0245 e. The molecule has 108 valence electrons. The first-order chi connectivity index (χ1) is 9.83. The van der Waals surface area contributed by atoms with E-state index in [1.165, 1.54) is 56.9 Å². The van der Waals surface area contributed by atoms with Crippen LogP contribution in [0.15, 0.2) is 24.3 Å². The van der Waals surface area contributed by atoms with E-state index in [2.05, 4.69) is 43.0 Å². The number of rotatable bonds is 5. The van der Waals surface area contributed by atoms with Gasteiger partial charge in [-0.05, 0) is 62.1 Å². The minimum Gasteiger partial charge on any atom is -0.101 e. The maximum absolute atomic E-state index is 3.12. The summed E-state index contributed by atoms with van der Waals surface area (Å²) < 4.78 is 0. The predicted octanol–water partition coefficient (Wildman–Crippen LogP) is 5.91. The van der Waals surface area contributed by atoms with Crippen LogP contribution in [0.4, 0.5) is 0 Å². The van der Waals surface area contributed by atoms with Crippen molar-refractivity contribution in [3.63, 3.8) is 0 Å². The monoisotopic (exact) mass is 268 g/mol. The van der Waals surface area contributed by atoms with Crippen molar-refractivity contribution >= 4 is 0 Å². The van der Waals surface area contributed by atoms with Crippen LogP contribution in [0.1, 0.15) is 82.3 Å². The zero-order valence-electron chi connectivity index (χ0n) is 13.1. The summed E-state index contributed by atoms with van der Waals surface area (Å²) >= 11 is 0. The molecule has 0 nitrogen and oxygen atoms in total. The van der Waals surface area contributed by atoms with Crippen LogP contribution in [0.3, 0.4) is 0 Å². The number of unbranched alkanes of at least 4 members (excludes halogenated alkanes) is 2. The van der Waals surface area contributed by atoms with Crippen LogP contribution in [-0.4, -0.2) is 0 Å². The van der Waals surface area contributed by atoms with Crippen molar-refractivity contribution in [3.05, 3.63) is 35.4 Å². The van der Waals surface area contributed by atoms with Gasteiger partial charge in [0, 0.05) is 5.56 Å². The van der Waals surface area contributed by atoms with E-state index in [-0.39, 0.29) is 0 Å². The SMILES string of the molecule is CC#Cc1ccc(C2CCC(CCCCC)CC2)cc1. The van der Waals surface area contributed by atoms with Gasteiger partial charge >= 0.3 is 0 Å². The summed E-state index contributed by atoms with van der Waals surface area (Å²) in [7, 11) is 0. The first kappa shape index (κ1) is 15.2. The van der Waals surface area contributed by atoms with Crippen LogP contribution in [0.2, 0.25) is 0 Å². The summed E-state index contributed by atoms with van der Waals surface area (Å²) in [5, 5.41) is 0. The molecule has 0 heterocycles. The molecule has 20 heavy (non-hydrogen) atoms. The lowest BCUT2D eigenvalue weighted by atomic mass is 9.77. The zero-order valence-corrected chi connectivity index (χ0v) is 13.1. The molecule has 0 aliphatic heterocycles. The van der Waals surface area contributed by atoms with Gasteiger partial charge < -0.3 is 0 Å². The molecule has 0 radical (unpaired) electrons. The first-order valence-electron chi connectivity index (χ1n) is 8.36. The van der Waals surface area contributed by atoms with E-state index in [4.69, 9.17) is 0 Å². The van der Waals surface area contributed by atoms with Gasteiger partial charge in [0.25, 0.3) is 0 Å². The van der Waals surface area contributed by atoms with E-state index >= 15 is 0 Å². The topological polar surface area (TPSA) is 0 Å². The molecule has 0 spiro atoms. The minimum atomic E-state index is 0.793. The highest BCUT2D eigenvalue weighted by atomic mass is 14.3. The van der Waals surface area contributed by atoms with Gasteiger partial charge in [-0.25, -0.2) is 0 Å². The molecule has 1 aromatic rings. The Kier molecular flexibility index (Phi) is 6.19. The Bertz CT molecular complexity index is 435. The molecule has 0 saturated heterocycles. The van der Waals surface area contributed by atoms with Crippen molar-refractivity contribution in [3.8, 4) is 11.8 Å². The molecule has 0 amide bonds. The highest BCUT2D eigenvalue weighted by Gasteiger charge is 2.21. The van der Waals surface area contributed by atoms with Gasteiger partial charge in [0.05, 0.1) is 0 Å². The molecule has 1 saturated carbocycles. The average molecular weight is 268 g/mol. The molecule has 2 rings (SSSR count). The third kappa shape index (κ3) is 4.41. The molecule has 0 bridgehead atoms. The fourth-order valence-electron chi connectivity index (χ4n) is 3.45. The third-order valence-corrected chi connectivity index (χ3v) is 4.71.